The Labute approximate surface area is 136 Å². The second-order valence-corrected chi connectivity index (χ2v) is 6.22. The first-order chi connectivity index (χ1) is 10.7. The van der Waals surface area contributed by atoms with E-state index in [0.29, 0.717) is 17.3 Å². The molecule has 2 heterocycles. The van der Waals surface area contributed by atoms with E-state index in [1.165, 1.54) is 6.33 Å². The largest absolute Gasteiger partial charge is 0.383 e. The number of ether oxygens (including phenoxy) is 2. The molecule has 2 fully saturated rings. The van der Waals surface area contributed by atoms with Gasteiger partial charge in [-0.2, -0.15) is 0 Å². The van der Waals surface area contributed by atoms with Gasteiger partial charge in [0.1, 0.15) is 12.0 Å². The highest BCUT2D eigenvalue weighted by Gasteiger charge is 2.56. The van der Waals surface area contributed by atoms with E-state index in [4.69, 9.17) is 21.1 Å². The Morgan fingerprint density at radius 1 is 1.41 bits per heavy atom. The molecule has 2 N–H and O–H groups in total. The SMILES string of the molecule is CCOC1CC(Nc2ncnc(Cl)c2NC)C12CCOCC2. The highest BCUT2D eigenvalue weighted by Crippen LogP contribution is 2.52. The summed E-state index contributed by atoms with van der Waals surface area (Å²) in [7, 11) is 1.82. The van der Waals surface area contributed by atoms with Crippen molar-refractivity contribution in [3.63, 3.8) is 0 Å². The lowest BCUT2D eigenvalue weighted by Crippen LogP contribution is -2.63. The minimum atomic E-state index is 0.136. The zero-order chi connectivity index (χ0) is 15.6. The van der Waals surface area contributed by atoms with Crippen LogP contribution in [-0.4, -0.2) is 49.0 Å². The van der Waals surface area contributed by atoms with Crippen molar-refractivity contribution < 1.29 is 9.47 Å². The van der Waals surface area contributed by atoms with Crippen LogP contribution in [0.3, 0.4) is 0 Å². The fraction of sp³-hybridized carbons (Fsp3) is 0.733. The second-order valence-electron chi connectivity index (χ2n) is 5.86. The summed E-state index contributed by atoms with van der Waals surface area (Å²) < 4.78 is 11.5. The maximum atomic E-state index is 6.13. The summed E-state index contributed by atoms with van der Waals surface area (Å²) >= 11 is 6.13. The molecule has 2 aliphatic rings. The predicted octanol–water partition coefficient (Wildman–Crippen LogP) is 2.56. The molecule has 0 aromatic carbocycles. The van der Waals surface area contributed by atoms with Crippen LogP contribution in [0.2, 0.25) is 5.15 Å². The van der Waals surface area contributed by atoms with Crippen LogP contribution in [0.25, 0.3) is 0 Å². The molecular formula is C15H23ClN4O2. The number of hydrogen-bond donors (Lipinski definition) is 2. The molecule has 2 atom stereocenters. The van der Waals surface area contributed by atoms with Crippen molar-refractivity contribution >= 4 is 23.1 Å². The third kappa shape index (κ3) is 2.64. The number of hydrogen-bond acceptors (Lipinski definition) is 6. The first-order valence-electron chi connectivity index (χ1n) is 7.85. The van der Waals surface area contributed by atoms with Crippen molar-refractivity contribution in [2.45, 2.75) is 38.3 Å². The molecule has 1 aromatic rings. The Morgan fingerprint density at radius 2 is 2.18 bits per heavy atom. The zero-order valence-electron chi connectivity index (χ0n) is 13.1. The molecule has 1 aliphatic carbocycles. The van der Waals surface area contributed by atoms with Crippen LogP contribution in [-0.2, 0) is 9.47 Å². The third-order valence-corrected chi connectivity index (χ3v) is 5.23. The summed E-state index contributed by atoms with van der Waals surface area (Å²) in [4.78, 5) is 8.36. The second kappa shape index (κ2) is 6.56. The Morgan fingerprint density at radius 3 is 2.86 bits per heavy atom. The van der Waals surface area contributed by atoms with Crippen LogP contribution in [0.5, 0.6) is 0 Å². The van der Waals surface area contributed by atoms with Crippen molar-refractivity contribution in [2.24, 2.45) is 5.41 Å². The van der Waals surface area contributed by atoms with E-state index in [-0.39, 0.29) is 5.41 Å². The molecule has 6 nitrogen and oxygen atoms in total. The van der Waals surface area contributed by atoms with Gasteiger partial charge in [0, 0.05) is 38.3 Å². The van der Waals surface area contributed by atoms with E-state index >= 15 is 0 Å². The van der Waals surface area contributed by atoms with E-state index in [2.05, 4.69) is 27.5 Å². The lowest BCUT2D eigenvalue weighted by Gasteiger charge is -2.57. The van der Waals surface area contributed by atoms with Crippen LogP contribution in [0.15, 0.2) is 6.33 Å². The summed E-state index contributed by atoms with van der Waals surface area (Å²) in [6.45, 7) is 4.40. The van der Waals surface area contributed by atoms with Gasteiger partial charge in [-0.25, -0.2) is 9.97 Å². The summed E-state index contributed by atoms with van der Waals surface area (Å²) in [5.41, 5.74) is 0.877. The molecular weight excluding hydrogens is 304 g/mol. The molecule has 0 radical (unpaired) electrons. The molecule has 0 bridgehead atoms. The number of rotatable bonds is 5. The minimum absolute atomic E-state index is 0.136. The predicted molar refractivity (Wildman–Crippen MR) is 86.5 cm³/mol. The summed E-state index contributed by atoms with van der Waals surface area (Å²) in [6, 6.07) is 0.325. The highest BCUT2D eigenvalue weighted by atomic mass is 35.5. The van der Waals surface area contributed by atoms with Crippen molar-refractivity contribution in [3.05, 3.63) is 11.5 Å². The highest BCUT2D eigenvalue weighted by molar-refractivity contribution is 6.32. The molecule has 1 aliphatic heterocycles. The van der Waals surface area contributed by atoms with Gasteiger partial charge in [-0.15, -0.1) is 0 Å². The van der Waals surface area contributed by atoms with Crippen molar-refractivity contribution in [2.75, 3.05) is 37.5 Å². The van der Waals surface area contributed by atoms with Crippen LogP contribution in [0, 0.1) is 5.41 Å². The van der Waals surface area contributed by atoms with Gasteiger partial charge in [-0.05, 0) is 26.2 Å². The summed E-state index contributed by atoms with van der Waals surface area (Å²) in [5.74, 6) is 0.758. The molecule has 7 heteroatoms. The van der Waals surface area contributed by atoms with Gasteiger partial charge in [0.15, 0.2) is 11.0 Å². The van der Waals surface area contributed by atoms with E-state index in [1.54, 1.807) is 0 Å². The lowest BCUT2D eigenvalue weighted by atomic mass is 9.57. The maximum absolute atomic E-state index is 6.13. The van der Waals surface area contributed by atoms with Gasteiger partial charge < -0.3 is 20.1 Å². The smallest absolute Gasteiger partial charge is 0.157 e. The van der Waals surface area contributed by atoms with E-state index < -0.39 is 0 Å². The topological polar surface area (TPSA) is 68.3 Å². The van der Waals surface area contributed by atoms with Crippen molar-refractivity contribution in [1.29, 1.82) is 0 Å². The van der Waals surface area contributed by atoms with Crippen LogP contribution >= 0.6 is 11.6 Å². The first kappa shape index (κ1) is 15.8. The zero-order valence-corrected chi connectivity index (χ0v) is 13.8. The molecule has 1 saturated heterocycles. The monoisotopic (exact) mass is 326 g/mol. The molecule has 3 rings (SSSR count). The third-order valence-electron chi connectivity index (χ3n) is 4.94. The minimum Gasteiger partial charge on any atom is -0.383 e. The maximum Gasteiger partial charge on any atom is 0.157 e. The first-order valence-corrected chi connectivity index (χ1v) is 8.23. The average molecular weight is 327 g/mol. The fourth-order valence-corrected chi connectivity index (χ4v) is 3.89. The van der Waals surface area contributed by atoms with Gasteiger partial charge in [0.25, 0.3) is 0 Å². The van der Waals surface area contributed by atoms with E-state index in [9.17, 15) is 0 Å². The molecule has 122 valence electrons. The van der Waals surface area contributed by atoms with Crippen LogP contribution < -0.4 is 10.6 Å². The average Bonchev–Trinajstić information content (AvgIpc) is 2.55. The molecule has 1 aromatic heterocycles. The van der Waals surface area contributed by atoms with Crippen LogP contribution in [0.4, 0.5) is 11.5 Å². The Bertz CT molecular complexity index is 522. The quantitative estimate of drug-likeness (QED) is 0.811. The number of anilines is 2. The molecule has 0 amide bonds. The molecule has 22 heavy (non-hydrogen) atoms. The van der Waals surface area contributed by atoms with E-state index in [1.807, 2.05) is 7.05 Å². The van der Waals surface area contributed by atoms with Gasteiger partial charge in [0.2, 0.25) is 0 Å². The Kier molecular flexibility index (Phi) is 4.70. The van der Waals surface area contributed by atoms with Crippen molar-refractivity contribution in [1.82, 2.24) is 9.97 Å². The summed E-state index contributed by atoms with van der Waals surface area (Å²) in [5, 5.41) is 7.06. The Hall–Kier alpha value is -1.11. The molecule has 2 unspecified atom stereocenters. The van der Waals surface area contributed by atoms with Gasteiger partial charge in [-0.3, -0.25) is 0 Å². The number of nitrogens with one attached hydrogen (secondary N) is 2. The standard InChI is InChI=1S/C15H23ClN4O2/c1-3-22-11-8-10(15(11)4-6-21-7-5-15)20-14-12(17-2)13(16)18-9-19-14/h9-11,17H,3-8H2,1-2H3,(H,18,19,20). The number of halogens is 1. The fourth-order valence-electron chi connectivity index (χ4n) is 3.67. The number of nitrogens with zero attached hydrogens (tertiary/aromatic N) is 2. The van der Waals surface area contributed by atoms with Gasteiger partial charge in [-0.1, -0.05) is 11.6 Å². The van der Waals surface area contributed by atoms with E-state index in [0.717, 1.165) is 50.6 Å². The Balaban J connectivity index is 1.79. The van der Waals surface area contributed by atoms with Crippen LogP contribution in [0.1, 0.15) is 26.2 Å². The van der Waals surface area contributed by atoms with Crippen molar-refractivity contribution in [3.8, 4) is 0 Å². The molecule has 1 saturated carbocycles. The normalized spacial score (nSPS) is 26.5. The summed E-state index contributed by atoms with van der Waals surface area (Å²) in [6.07, 6.45) is 4.81. The van der Waals surface area contributed by atoms with Gasteiger partial charge >= 0.3 is 0 Å². The molecule has 1 spiro atoms. The van der Waals surface area contributed by atoms with Gasteiger partial charge in [0.05, 0.1) is 6.10 Å². The number of aromatic nitrogens is 2. The lowest BCUT2D eigenvalue weighted by molar-refractivity contribution is -0.159.